The molecule has 0 aromatic heterocycles. The molecule has 0 N–H and O–H groups in total. The van der Waals surface area contributed by atoms with Crippen LogP contribution in [0.5, 0.6) is 0 Å². The minimum absolute atomic E-state index is 0.391. The molecular weight excluding hydrogens is 220 g/mol. The van der Waals surface area contributed by atoms with Crippen LogP contribution < -0.4 is 5.19 Å². The van der Waals surface area contributed by atoms with Crippen molar-refractivity contribution in [1.29, 1.82) is 0 Å². The predicted molar refractivity (Wildman–Crippen MR) is 78.2 cm³/mol. The number of hydrogen-bond donors (Lipinski definition) is 0. The van der Waals surface area contributed by atoms with Gasteiger partial charge in [-0.15, -0.1) is 0 Å². The highest BCUT2D eigenvalue weighted by Gasteiger charge is 2.23. The van der Waals surface area contributed by atoms with Crippen molar-refractivity contribution < 1.29 is 0 Å². The minimum atomic E-state index is 0.391. The van der Waals surface area contributed by atoms with Gasteiger partial charge in [-0.3, -0.25) is 0 Å². The Bertz CT molecular complexity index is 512. The average molecular weight is 240 g/mol. The maximum absolute atomic E-state index is 2.37. The van der Waals surface area contributed by atoms with Crippen molar-refractivity contribution in [2.45, 2.75) is 32.7 Å². The smallest absolute Gasteiger partial charge is 0.0630 e. The number of rotatable bonds is 3. The third kappa shape index (κ3) is 2.78. The van der Waals surface area contributed by atoms with Crippen LogP contribution in [0.1, 0.15) is 27.7 Å². The molecule has 0 saturated heterocycles. The molecule has 0 amide bonds. The first-order valence-electron chi connectivity index (χ1n) is 6.26. The second kappa shape index (κ2) is 4.65. The summed E-state index contributed by atoms with van der Waals surface area (Å²) < 4.78 is 0. The van der Waals surface area contributed by atoms with Gasteiger partial charge < -0.3 is 0 Å². The van der Waals surface area contributed by atoms with E-state index in [1.807, 2.05) is 0 Å². The Hall–Kier alpha value is -1.08. The molecule has 0 aliphatic rings. The van der Waals surface area contributed by atoms with E-state index >= 15 is 0 Å². The molecule has 17 heavy (non-hydrogen) atoms. The topological polar surface area (TPSA) is 0 Å². The lowest BCUT2D eigenvalue weighted by Crippen LogP contribution is -2.29. The summed E-state index contributed by atoms with van der Waals surface area (Å²) in [7, 11) is 0.875. The Kier molecular flexibility index (Phi) is 3.39. The highest BCUT2D eigenvalue weighted by atomic mass is 28.2. The molecule has 0 heterocycles. The molecule has 0 aliphatic carbocycles. The Labute approximate surface area is 107 Å². The summed E-state index contributed by atoms with van der Waals surface area (Å²) in [5.74, 6) is 0.715. The minimum Gasteiger partial charge on any atom is -0.0630 e. The van der Waals surface area contributed by atoms with Crippen molar-refractivity contribution in [3.63, 3.8) is 0 Å². The summed E-state index contributed by atoms with van der Waals surface area (Å²) >= 11 is 0. The van der Waals surface area contributed by atoms with Crippen LogP contribution in [0.15, 0.2) is 42.5 Å². The Balaban J connectivity index is 2.31. The fourth-order valence-corrected chi connectivity index (χ4v) is 3.21. The average Bonchev–Trinajstić information content (AvgIpc) is 2.28. The van der Waals surface area contributed by atoms with Crippen LogP contribution in [0.25, 0.3) is 10.8 Å². The monoisotopic (exact) mass is 240 g/mol. The van der Waals surface area contributed by atoms with Crippen molar-refractivity contribution in [3.8, 4) is 0 Å². The van der Waals surface area contributed by atoms with Gasteiger partial charge in [-0.2, -0.15) is 0 Å². The van der Waals surface area contributed by atoms with Crippen LogP contribution in [-0.4, -0.2) is 9.52 Å². The van der Waals surface area contributed by atoms with Gasteiger partial charge in [-0.1, -0.05) is 75.3 Å². The molecule has 88 valence electrons. The standard InChI is InChI=1S/C16H20Si/c1-12(2)16(3,4)17-15-10-9-13-7-5-6-8-14(13)11-15/h5-12H,1-4H3. The van der Waals surface area contributed by atoms with Gasteiger partial charge in [0, 0.05) is 0 Å². The summed E-state index contributed by atoms with van der Waals surface area (Å²) in [6, 6.07) is 15.5. The molecule has 1 heteroatoms. The Morgan fingerprint density at radius 3 is 2.24 bits per heavy atom. The van der Waals surface area contributed by atoms with Crippen LogP contribution in [0.2, 0.25) is 5.04 Å². The number of hydrogen-bond acceptors (Lipinski definition) is 0. The third-order valence-electron chi connectivity index (χ3n) is 3.66. The molecule has 2 aromatic rings. The van der Waals surface area contributed by atoms with Crippen molar-refractivity contribution >= 4 is 25.5 Å². The number of benzene rings is 2. The van der Waals surface area contributed by atoms with E-state index in [9.17, 15) is 0 Å². The van der Waals surface area contributed by atoms with Crippen LogP contribution in [0.4, 0.5) is 0 Å². The Morgan fingerprint density at radius 2 is 1.59 bits per heavy atom. The highest BCUT2D eigenvalue weighted by Crippen LogP contribution is 2.32. The number of fused-ring (bicyclic) bond motifs is 1. The molecule has 2 radical (unpaired) electrons. The lowest BCUT2D eigenvalue weighted by Gasteiger charge is -2.28. The van der Waals surface area contributed by atoms with E-state index in [1.165, 1.54) is 16.0 Å². The van der Waals surface area contributed by atoms with Gasteiger partial charge in [0.05, 0.1) is 9.52 Å². The maximum atomic E-state index is 2.37. The van der Waals surface area contributed by atoms with Crippen molar-refractivity contribution in [1.82, 2.24) is 0 Å². The molecule has 0 aliphatic heterocycles. The summed E-state index contributed by atoms with van der Waals surface area (Å²) in [6.45, 7) is 9.36. The molecule has 0 saturated carbocycles. The SMILES string of the molecule is CC(C)C(C)(C)[Si]c1ccc2ccccc2c1. The summed E-state index contributed by atoms with van der Waals surface area (Å²) in [6.07, 6.45) is 0. The van der Waals surface area contributed by atoms with E-state index in [0.29, 0.717) is 11.0 Å². The molecule has 0 spiro atoms. The highest BCUT2D eigenvalue weighted by molar-refractivity contribution is 6.57. The van der Waals surface area contributed by atoms with E-state index in [0.717, 1.165) is 9.52 Å². The quantitative estimate of drug-likeness (QED) is 0.711. The fourth-order valence-electron chi connectivity index (χ4n) is 1.78. The zero-order chi connectivity index (χ0) is 12.5. The molecule has 0 unspecified atom stereocenters. The lowest BCUT2D eigenvalue weighted by molar-refractivity contribution is 0.476. The van der Waals surface area contributed by atoms with Gasteiger partial charge in [0.1, 0.15) is 0 Å². The first-order chi connectivity index (χ1) is 7.99. The molecule has 2 rings (SSSR count). The molecule has 0 nitrogen and oxygen atoms in total. The molecular formula is C16H20Si. The normalized spacial score (nSPS) is 12.3. The fraction of sp³-hybridized carbons (Fsp3) is 0.375. The summed E-state index contributed by atoms with van der Waals surface area (Å²) in [5.41, 5.74) is 0. The third-order valence-corrected chi connectivity index (χ3v) is 5.48. The van der Waals surface area contributed by atoms with Crippen LogP contribution in [0.3, 0.4) is 0 Å². The van der Waals surface area contributed by atoms with Gasteiger partial charge >= 0.3 is 0 Å². The van der Waals surface area contributed by atoms with E-state index in [2.05, 4.69) is 70.2 Å². The zero-order valence-electron chi connectivity index (χ0n) is 11.1. The van der Waals surface area contributed by atoms with Crippen LogP contribution in [0, 0.1) is 5.92 Å². The Morgan fingerprint density at radius 1 is 0.941 bits per heavy atom. The van der Waals surface area contributed by atoms with E-state index in [-0.39, 0.29) is 0 Å². The maximum Gasteiger partial charge on any atom is 0.0874 e. The van der Waals surface area contributed by atoms with Gasteiger partial charge in [-0.05, 0) is 21.7 Å². The summed E-state index contributed by atoms with van der Waals surface area (Å²) in [5, 5.41) is 4.56. The second-order valence-corrected chi connectivity index (χ2v) is 7.68. The van der Waals surface area contributed by atoms with Gasteiger partial charge in [0.15, 0.2) is 0 Å². The molecule has 0 bridgehead atoms. The van der Waals surface area contributed by atoms with Gasteiger partial charge in [0.2, 0.25) is 0 Å². The summed E-state index contributed by atoms with van der Waals surface area (Å²) in [4.78, 5) is 0. The van der Waals surface area contributed by atoms with Crippen LogP contribution >= 0.6 is 0 Å². The lowest BCUT2D eigenvalue weighted by atomic mass is 9.99. The molecule has 2 aromatic carbocycles. The second-order valence-electron chi connectivity index (χ2n) is 5.56. The zero-order valence-corrected chi connectivity index (χ0v) is 12.1. The van der Waals surface area contributed by atoms with E-state index < -0.39 is 0 Å². The van der Waals surface area contributed by atoms with Crippen molar-refractivity contribution in [3.05, 3.63) is 42.5 Å². The molecule has 0 atom stereocenters. The van der Waals surface area contributed by atoms with Gasteiger partial charge in [-0.25, -0.2) is 0 Å². The van der Waals surface area contributed by atoms with E-state index in [1.54, 1.807) is 0 Å². The molecule has 0 fully saturated rings. The predicted octanol–water partition coefficient (Wildman–Crippen LogP) is 4.02. The first-order valence-corrected chi connectivity index (χ1v) is 7.26. The largest absolute Gasteiger partial charge is 0.0874 e. The first kappa shape index (κ1) is 12.4. The van der Waals surface area contributed by atoms with Crippen molar-refractivity contribution in [2.24, 2.45) is 5.92 Å². The van der Waals surface area contributed by atoms with Gasteiger partial charge in [0.25, 0.3) is 0 Å². The van der Waals surface area contributed by atoms with E-state index in [4.69, 9.17) is 0 Å². The van der Waals surface area contributed by atoms with Crippen LogP contribution in [-0.2, 0) is 0 Å². The van der Waals surface area contributed by atoms with Crippen molar-refractivity contribution in [2.75, 3.05) is 0 Å².